The minimum Gasteiger partial charge on any atom is -0.267 e. The maximum atomic E-state index is 12.5. The highest BCUT2D eigenvalue weighted by Gasteiger charge is 2.12. The van der Waals surface area contributed by atoms with E-state index in [1.807, 2.05) is 43.3 Å². The zero-order valence-corrected chi connectivity index (χ0v) is 12.5. The quantitative estimate of drug-likeness (QED) is 0.729. The summed E-state index contributed by atoms with van der Waals surface area (Å²) in [6.07, 6.45) is 0.854. The third kappa shape index (κ3) is 2.57. The van der Waals surface area contributed by atoms with Crippen LogP contribution in [-0.4, -0.2) is 9.78 Å². The molecular weight excluding hydrogens is 284 g/mol. The largest absolute Gasteiger partial charge is 0.274 e. The number of nitrogens with zero attached hydrogens (tertiary/aromatic N) is 2. The molecule has 0 N–H and O–H groups in total. The molecule has 21 heavy (non-hydrogen) atoms. The normalized spacial score (nSPS) is 11.0. The topological polar surface area (TPSA) is 34.9 Å². The van der Waals surface area contributed by atoms with Crippen LogP contribution in [-0.2, 0) is 6.54 Å². The van der Waals surface area contributed by atoms with Crippen LogP contribution in [0, 0.1) is 0 Å². The summed E-state index contributed by atoms with van der Waals surface area (Å²) in [6.45, 7) is 2.62. The van der Waals surface area contributed by atoms with Crippen LogP contribution >= 0.6 is 11.6 Å². The highest BCUT2D eigenvalue weighted by molar-refractivity contribution is 6.31. The standard InChI is InChI=1S/C17H15ClN2O/c1-2-10-20-17(21)15-11-13(18)8-9-14(15)16(19-20)12-6-4-3-5-7-12/h3-9,11H,2,10H2,1H3. The summed E-state index contributed by atoms with van der Waals surface area (Å²) >= 11 is 6.05. The summed E-state index contributed by atoms with van der Waals surface area (Å²) < 4.78 is 1.53. The summed E-state index contributed by atoms with van der Waals surface area (Å²) in [6, 6.07) is 15.3. The van der Waals surface area contributed by atoms with Crippen LogP contribution in [0.1, 0.15) is 13.3 Å². The Labute approximate surface area is 127 Å². The third-order valence-corrected chi connectivity index (χ3v) is 3.64. The minimum atomic E-state index is -0.0889. The molecule has 106 valence electrons. The Balaban J connectivity index is 2.38. The predicted octanol–water partition coefficient (Wildman–Crippen LogP) is 4.13. The molecule has 0 aliphatic rings. The zero-order valence-electron chi connectivity index (χ0n) is 11.7. The van der Waals surface area contributed by atoms with Gasteiger partial charge in [-0.25, -0.2) is 4.68 Å². The number of halogens is 1. The summed E-state index contributed by atoms with van der Waals surface area (Å²) in [5.74, 6) is 0. The maximum Gasteiger partial charge on any atom is 0.274 e. The number of rotatable bonds is 3. The molecule has 0 radical (unpaired) electrons. The first-order chi connectivity index (χ1) is 10.2. The molecule has 4 heteroatoms. The van der Waals surface area contributed by atoms with Gasteiger partial charge in [-0.3, -0.25) is 4.79 Å². The molecule has 0 amide bonds. The van der Waals surface area contributed by atoms with Crippen molar-refractivity contribution >= 4 is 22.4 Å². The van der Waals surface area contributed by atoms with E-state index in [-0.39, 0.29) is 5.56 Å². The Morgan fingerprint density at radius 2 is 1.86 bits per heavy atom. The van der Waals surface area contributed by atoms with Gasteiger partial charge in [0.05, 0.1) is 11.1 Å². The average Bonchev–Trinajstić information content (AvgIpc) is 2.51. The van der Waals surface area contributed by atoms with Crippen molar-refractivity contribution in [2.45, 2.75) is 19.9 Å². The van der Waals surface area contributed by atoms with Gasteiger partial charge in [-0.05, 0) is 18.6 Å². The van der Waals surface area contributed by atoms with E-state index in [1.54, 1.807) is 12.1 Å². The van der Waals surface area contributed by atoms with Gasteiger partial charge in [0.2, 0.25) is 0 Å². The fraction of sp³-hybridized carbons (Fsp3) is 0.176. The second-order valence-electron chi connectivity index (χ2n) is 4.93. The maximum absolute atomic E-state index is 12.5. The van der Waals surface area contributed by atoms with Gasteiger partial charge in [0.1, 0.15) is 0 Å². The molecule has 2 aromatic carbocycles. The second-order valence-corrected chi connectivity index (χ2v) is 5.37. The smallest absolute Gasteiger partial charge is 0.267 e. The molecule has 3 rings (SSSR count). The van der Waals surface area contributed by atoms with Gasteiger partial charge in [-0.15, -0.1) is 0 Å². The Morgan fingerprint density at radius 1 is 1.10 bits per heavy atom. The molecule has 0 saturated carbocycles. The van der Waals surface area contributed by atoms with Gasteiger partial charge in [0.25, 0.3) is 5.56 Å². The van der Waals surface area contributed by atoms with E-state index in [0.717, 1.165) is 23.1 Å². The van der Waals surface area contributed by atoms with Crippen molar-refractivity contribution in [1.82, 2.24) is 9.78 Å². The Morgan fingerprint density at radius 3 is 2.57 bits per heavy atom. The first-order valence-corrected chi connectivity index (χ1v) is 7.34. The van der Waals surface area contributed by atoms with Gasteiger partial charge in [-0.2, -0.15) is 5.10 Å². The van der Waals surface area contributed by atoms with Crippen LogP contribution < -0.4 is 5.56 Å². The van der Waals surface area contributed by atoms with Crippen molar-refractivity contribution in [3.05, 3.63) is 63.9 Å². The fourth-order valence-electron chi connectivity index (χ4n) is 2.43. The lowest BCUT2D eigenvalue weighted by Crippen LogP contribution is -2.23. The lowest BCUT2D eigenvalue weighted by Gasteiger charge is -2.10. The van der Waals surface area contributed by atoms with Gasteiger partial charge < -0.3 is 0 Å². The van der Waals surface area contributed by atoms with E-state index in [0.29, 0.717) is 17.0 Å². The van der Waals surface area contributed by atoms with Gasteiger partial charge in [-0.1, -0.05) is 54.9 Å². The van der Waals surface area contributed by atoms with Crippen LogP contribution in [0.5, 0.6) is 0 Å². The molecule has 0 atom stereocenters. The summed E-state index contributed by atoms with van der Waals surface area (Å²) in [7, 11) is 0. The summed E-state index contributed by atoms with van der Waals surface area (Å²) in [5.41, 5.74) is 1.72. The van der Waals surface area contributed by atoms with Crippen LogP contribution in [0.25, 0.3) is 22.0 Å². The van der Waals surface area contributed by atoms with Gasteiger partial charge >= 0.3 is 0 Å². The van der Waals surface area contributed by atoms with Crippen molar-refractivity contribution in [2.75, 3.05) is 0 Å². The van der Waals surface area contributed by atoms with Crippen molar-refractivity contribution < 1.29 is 0 Å². The van der Waals surface area contributed by atoms with Crippen molar-refractivity contribution in [3.8, 4) is 11.3 Å². The molecule has 0 bridgehead atoms. The predicted molar refractivity (Wildman–Crippen MR) is 86.7 cm³/mol. The third-order valence-electron chi connectivity index (χ3n) is 3.40. The molecule has 0 unspecified atom stereocenters. The average molecular weight is 299 g/mol. The van der Waals surface area contributed by atoms with Crippen molar-refractivity contribution in [1.29, 1.82) is 0 Å². The monoisotopic (exact) mass is 298 g/mol. The Kier molecular flexibility index (Phi) is 3.76. The van der Waals surface area contributed by atoms with Crippen LogP contribution in [0.3, 0.4) is 0 Å². The molecule has 0 aliphatic carbocycles. The van der Waals surface area contributed by atoms with Crippen LogP contribution in [0.4, 0.5) is 0 Å². The van der Waals surface area contributed by atoms with Gasteiger partial charge in [0, 0.05) is 22.5 Å². The number of hydrogen-bond acceptors (Lipinski definition) is 2. The van der Waals surface area contributed by atoms with Gasteiger partial charge in [0.15, 0.2) is 0 Å². The molecule has 0 fully saturated rings. The molecule has 3 aromatic rings. The Hall–Kier alpha value is -2.13. The highest BCUT2D eigenvalue weighted by Crippen LogP contribution is 2.26. The fourth-order valence-corrected chi connectivity index (χ4v) is 2.60. The lowest BCUT2D eigenvalue weighted by molar-refractivity contribution is 0.576. The first kappa shape index (κ1) is 13.8. The number of aromatic nitrogens is 2. The molecule has 1 aromatic heterocycles. The Bertz CT molecular complexity index is 841. The minimum absolute atomic E-state index is 0.0889. The molecule has 1 heterocycles. The zero-order chi connectivity index (χ0) is 14.8. The van der Waals surface area contributed by atoms with E-state index < -0.39 is 0 Å². The lowest BCUT2D eigenvalue weighted by atomic mass is 10.1. The molecule has 3 nitrogen and oxygen atoms in total. The second kappa shape index (κ2) is 5.70. The van der Waals surface area contributed by atoms with E-state index in [2.05, 4.69) is 5.10 Å². The van der Waals surface area contributed by atoms with Crippen molar-refractivity contribution in [2.24, 2.45) is 0 Å². The molecule has 0 spiro atoms. The highest BCUT2D eigenvalue weighted by atomic mass is 35.5. The summed E-state index contributed by atoms with van der Waals surface area (Å²) in [4.78, 5) is 12.5. The SMILES string of the molecule is CCCn1nc(-c2ccccc2)c2ccc(Cl)cc2c1=O. The van der Waals surface area contributed by atoms with Crippen molar-refractivity contribution in [3.63, 3.8) is 0 Å². The van der Waals surface area contributed by atoms with E-state index in [4.69, 9.17) is 11.6 Å². The van der Waals surface area contributed by atoms with E-state index in [9.17, 15) is 4.79 Å². The van der Waals surface area contributed by atoms with Crippen LogP contribution in [0.15, 0.2) is 53.3 Å². The summed E-state index contributed by atoms with van der Waals surface area (Å²) in [5, 5.41) is 6.57. The van der Waals surface area contributed by atoms with E-state index >= 15 is 0 Å². The molecule has 0 aliphatic heterocycles. The number of hydrogen-bond donors (Lipinski definition) is 0. The number of fused-ring (bicyclic) bond motifs is 1. The number of benzene rings is 2. The molecule has 0 saturated heterocycles. The van der Waals surface area contributed by atoms with E-state index in [1.165, 1.54) is 4.68 Å². The van der Waals surface area contributed by atoms with Crippen LogP contribution in [0.2, 0.25) is 5.02 Å². The number of aryl methyl sites for hydroxylation is 1. The first-order valence-electron chi connectivity index (χ1n) is 6.96. The molecular formula is C17H15ClN2O.